The quantitative estimate of drug-likeness (QED) is 0.210. The monoisotopic (exact) mass is 498 g/mol. The predicted molar refractivity (Wildman–Crippen MR) is 127 cm³/mol. The van der Waals surface area contributed by atoms with Crippen LogP contribution in [0.5, 0.6) is 0 Å². The lowest BCUT2D eigenvalue weighted by Gasteiger charge is -2.58. The van der Waals surface area contributed by atoms with Crippen LogP contribution >= 0.6 is 0 Å². The zero-order chi connectivity index (χ0) is 26.0. The van der Waals surface area contributed by atoms with Crippen molar-refractivity contribution in [2.45, 2.75) is 90.0 Å². The van der Waals surface area contributed by atoms with Crippen LogP contribution in [0.3, 0.4) is 0 Å². The van der Waals surface area contributed by atoms with E-state index in [9.17, 15) is 35.4 Å². The zero-order valence-electron chi connectivity index (χ0n) is 21.0. The van der Waals surface area contributed by atoms with Gasteiger partial charge in [0.05, 0.1) is 19.8 Å². The van der Waals surface area contributed by atoms with Gasteiger partial charge in [-0.1, -0.05) is 32.9 Å². The normalized spacial score (nSPS) is 42.3. The molecule has 3 rings (SSSR count). The number of hydrogen-bond donors (Lipinski definition) is 6. The Morgan fingerprint density at radius 3 is 2.49 bits per heavy atom. The van der Waals surface area contributed by atoms with E-state index in [-0.39, 0.29) is 24.5 Å². The highest BCUT2D eigenvalue weighted by molar-refractivity contribution is 5.90. The van der Waals surface area contributed by atoms with Crippen LogP contribution in [0.25, 0.3) is 0 Å². The molecular formula is C26H42O9. The van der Waals surface area contributed by atoms with E-state index in [1.165, 1.54) is 0 Å². The van der Waals surface area contributed by atoms with Gasteiger partial charge in [-0.3, -0.25) is 0 Å². The highest BCUT2D eigenvalue weighted by atomic mass is 16.7. The number of esters is 1. The summed E-state index contributed by atoms with van der Waals surface area (Å²) in [4.78, 5) is 13.4. The molecule has 9 atom stereocenters. The molecule has 6 N–H and O–H groups in total. The average Bonchev–Trinajstić information content (AvgIpc) is 2.84. The summed E-state index contributed by atoms with van der Waals surface area (Å²) in [6.07, 6.45) is 0.895. The van der Waals surface area contributed by atoms with Crippen LogP contribution in [0.15, 0.2) is 23.3 Å². The first-order valence-corrected chi connectivity index (χ1v) is 12.6. The molecule has 1 saturated carbocycles. The second kappa shape index (κ2) is 11.4. The lowest BCUT2D eigenvalue weighted by atomic mass is 9.46. The van der Waals surface area contributed by atoms with Crippen molar-refractivity contribution >= 4 is 5.97 Å². The van der Waals surface area contributed by atoms with Gasteiger partial charge in [-0.15, -0.1) is 0 Å². The van der Waals surface area contributed by atoms with Crippen molar-refractivity contribution in [1.29, 1.82) is 0 Å². The van der Waals surface area contributed by atoms with Crippen molar-refractivity contribution in [3.8, 4) is 0 Å². The molecule has 0 unspecified atom stereocenters. The van der Waals surface area contributed by atoms with Gasteiger partial charge >= 0.3 is 5.97 Å². The number of carbonyl (C=O) groups excluding carboxylic acids is 1. The molecule has 0 spiro atoms. The van der Waals surface area contributed by atoms with Crippen LogP contribution in [-0.4, -0.2) is 87.1 Å². The highest BCUT2D eigenvalue weighted by Crippen LogP contribution is 2.62. The molecule has 0 aromatic carbocycles. The number of hydrogen-bond acceptors (Lipinski definition) is 9. The molecule has 1 saturated heterocycles. The van der Waals surface area contributed by atoms with Crippen molar-refractivity contribution in [3.63, 3.8) is 0 Å². The first-order chi connectivity index (χ1) is 16.5. The topological polar surface area (TPSA) is 157 Å². The lowest BCUT2D eigenvalue weighted by Crippen LogP contribution is -2.59. The number of carbonyl (C=O) groups is 1. The molecule has 2 aliphatic carbocycles. The van der Waals surface area contributed by atoms with E-state index in [0.29, 0.717) is 24.3 Å². The predicted octanol–water partition coefficient (Wildman–Crippen LogP) is 0.800. The van der Waals surface area contributed by atoms with Gasteiger partial charge in [0.2, 0.25) is 6.29 Å². The number of aliphatic hydroxyl groups excluding tert-OH is 6. The second-order valence-corrected chi connectivity index (χ2v) is 10.9. The standard InChI is InChI=1S/C26H42O9/c1-15-7-10-26(3)17(23(33)35-24-22(32)21(31)20(30)18(14-29)34-24)5-4-6-19(26)25(15,2)11-8-16(13-28)9-12-27/h5,9,15,18-22,24,27-32H,4,6-8,10-14H2,1-3H3/b16-9-/t15-,18-,19-,20+,21+,22-,24+,25+,26-/m1/s1. The van der Waals surface area contributed by atoms with Gasteiger partial charge < -0.3 is 40.1 Å². The first kappa shape index (κ1) is 28.2. The Hall–Kier alpha value is -1.33. The number of aliphatic hydroxyl groups is 6. The molecule has 35 heavy (non-hydrogen) atoms. The molecule has 0 aromatic heterocycles. The molecule has 0 amide bonds. The summed E-state index contributed by atoms with van der Waals surface area (Å²) in [5, 5.41) is 58.7. The number of allylic oxidation sites excluding steroid dienone is 1. The van der Waals surface area contributed by atoms with E-state index in [4.69, 9.17) is 9.47 Å². The summed E-state index contributed by atoms with van der Waals surface area (Å²) in [7, 11) is 0. The largest absolute Gasteiger partial charge is 0.429 e. The lowest BCUT2D eigenvalue weighted by molar-refractivity contribution is -0.291. The van der Waals surface area contributed by atoms with Crippen LogP contribution in [0.1, 0.15) is 59.3 Å². The Balaban J connectivity index is 1.81. The molecule has 1 heterocycles. The Morgan fingerprint density at radius 2 is 1.86 bits per heavy atom. The fourth-order valence-corrected chi connectivity index (χ4v) is 6.57. The van der Waals surface area contributed by atoms with Crippen LogP contribution in [0.2, 0.25) is 0 Å². The van der Waals surface area contributed by atoms with Crippen molar-refractivity contribution in [1.82, 2.24) is 0 Å². The summed E-state index contributed by atoms with van der Waals surface area (Å²) in [6, 6.07) is 0. The van der Waals surface area contributed by atoms with Crippen LogP contribution in [0, 0.1) is 22.7 Å². The van der Waals surface area contributed by atoms with E-state index in [1.54, 1.807) is 6.08 Å². The summed E-state index contributed by atoms with van der Waals surface area (Å²) in [5.74, 6) is -0.0553. The maximum Gasteiger partial charge on any atom is 0.336 e. The second-order valence-electron chi connectivity index (χ2n) is 10.9. The molecule has 200 valence electrons. The number of rotatable bonds is 8. The van der Waals surface area contributed by atoms with Crippen molar-refractivity contribution in [2.75, 3.05) is 19.8 Å². The Labute approximate surface area is 207 Å². The minimum atomic E-state index is -1.64. The maximum atomic E-state index is 13.4. The number of ether oxygens (including phenoxy) is 2. The molecule has 2 fully saturated rings. The minimum absolute atomic E-state index is 0.0937. The third-order valence-electron chi connectivity index (χ3n) is 9.07. The maximum absolute atomic E-state index is 13.4. The van der Waals surface area contributed by atoms with E-state index in [2.05, 4.69) is 20.8 Å². The Kier molecular flexibility index (Phi) is 9.18. The van der Waals surface area contributed by atoms with Crippen molar-refractivity contribution in [3.05, 3.63) is 23.3 Å². The fourth-order valence-electron chi connectivity index (χ4n) is 6.57. The van der Waals surface area contributed by atoms with Gasteiger partial charge in [-0.25, -0.2) is 4.79 Å². The van der Waals surface area contributed by atoms with Gasteiger partial charge in [-0.05, 0) is 61.3 Å². The summed E-state index contributed by atoms with van der Waals surface area (Å²) < 4.78 is 10.9. The van der Waals surface area contributed by atoms with E-state index < -0.39 is 48.7 Å². The van der Waals surface area contributed by atoms with Gasteiger partial charge in [-0.2, -0.15) is 0 Å². The van der Waals surface area contributed by atoms with Gasteiger partial charge in [0.1, 0.15) is 24.4 Å². The van der Waals surface area contributed by atoms with Crippen LogP contribution in [-0.2, 0) is 14.3 Å². The third kappa shape index (κ3) is 5.37. The molecule has 3 aliphatic rings. The fraction of sp³-hybridized carbons (Fsp3) is 0.808. The molecule has 9 nitrogen and oxygen atoms in total. The van der Waals surface area contributed by atoms with Gasteiger partial charge in [0.25, 0.3) is 0 Å². The van der Waals surface area contributed by atoms with E-state index in [1.807, 2.05) is 6.08 Å². The average molecular weight is 499 g/mol. The molecule has 0 bridgehead atoms. The third-order valence-corrected chi connectivity index (χ3v) is 9.07. The highest BCUT2D eigenvalue weighted by Gasteiger charge is 2.56. The van der Waals surface area contributed by atoms with Crippen molar-refractivity contribution < 1.29 is 44.9 Å². The molecule has 9 heteroatoms. The van der Waals surface area contributed by atoms with Crippen LogP contribution in [0.4, 0.5) is 0 Å². The molecule has 0 aromatic rings. The Morgan fingerprint density at radius 1 is 1.14 bits per heavy atom. The smallest absolute Gasteiger partial charge is 0.336 e. The minimum Gasteiger partial charge on any atom is -0.429 e. The molecular weight excluding hydrogens is 456 g/mol. The Bertz CT molecular complexity index is 809. The summed E-state index contributed by atoms with van der Waals surface area (Å²) >= 11 is 0. The van der Waals surface area contributed by atoms with E-state index in [0.717, 1.165) is 31.3 Å². The van der Waals surface area contributed by atoms with Gasteiger partial charge in [0, 0.05) is 11.0 Å². The van der Waals surface area contributed by atoms with Gasteiger partial charge in [0.15, 0.2) is 0 Å². The zero-order valence-corrected chi connectivity index (χ0v) is 21.0. The summed E-state index contributed by atoms with van der Waals surface area (Å²) in [5.41, 5.74) is 0.753. The molecule has 1 aliphatic heterocycles. The van der Waals surface area contributed by atoms with Crippen molar-refractivity contribution in [2.24, 2.45) is 22.7 Å². The van der Waals surface area contributed by atoms with E-state index >= 15 is 0 Å². The summed E-state index contributed by atoms with van der Waals surface area (Å²) in [6.45, 7) is 5.76. The van der Waals surface area contributed by atoms with Crippen LogP contribution < -0.4 is 0 Å². The molecule has 0 radical (unpaired) electrons. The first-order valence-electron chi connectivity index (χ1n) is 12.6. The number of fused-ring (bicyclic) bond motifs is 1. The SMILES string of the molecule is C[C@@H]1CC[C@]2(C)C(C(=O)O[C@@H]3O[C@H](CO)[C@H](O)[C@H](O)[C@H]3O)=CCC[C@@H]2[C@@]1(C)CC/C(=C/CO)CO.